The summed E-state index contributed by atoms with van der Waals surface area (Å²) in [5.74, 6) is 3.76. The van der Waals surface area contributed by atoms with Crippen molar-refractivity contribution < 1.29 is 60.9 Å². The molecule has 1 fully saturated rings. The number of aromatic nitrogens is 16. The number of nitrogens with two attached hydrogens (primary N) is 2. The van der Waals surface area contributed by atoms with Gasteiger partial charge in [-0.3, -0.25) is 43.6 Å². The summed E-state index contributed by atoms with van der Waals surface area (Å²) in [4.78, 5) is 45.3. The number of ether oxygens (including phenoxy) is 7. The van der Waals surface area contributed by atoms with Gasteiger partial charge in [0.2, 0.25) is 0 Å². The van der Waals surface area contributed by atoms with Crippen LogP contribution < -0.4 is 59.3 Å². The monoisotopic (exact) mass is 1800 g/mol. The molecule has 1 aliphatic rings. The first-order valence-corrected chi connectivity index (χ1v) is 41.9. The van der Waals surface area contributed by atoms with Crippen molar-refractivity contribution in [3.63, 3.8) is 0 Å². The number of hydrogen-bond donors (Lipinski definition) is 4. The lowest BCUT2D eigenvalue weighted by atomic mass is 9.92. The summed E-state index contributed by atoms with van der Waals surface area (Å²) < 4.78 is 98.7. The van der Waals surface area contributed by atoms with Crippen LogP contribution in [-0.4, -0.2) is 215 Å². The molecule has 1 aliphatic heterocycles. The van der Waals surface area contributed by atoms with Crippen molar-refractivity contribution in [3.8, 4) is 85.1 Å². The second kappa shape index (κ2) is 43.3. The smallest absolute Gasteiger partial charge is 0.416 e. The van der Waals surface area contributed by atoms with E-state index >= 15 is 0 Å². The third kappa shape index (κ3) is 23.1. The first-order valence-electron chi connectivity index (χ1n) is 41.9. The molecule has 3 atom stereocenters. The molecule has 31 nitrogen and oxygen atoms in total. The van der Waals surface area contributed by atoms with Gasteiger partial charge in [-0.25, -0.2) is 24.3 Å². The number of alkyl halides is 3. The molecule has 131 heavy (non-hydrogen) atoms. The molecule has 36 heteroatoms. The van der Waals surface area contributed by atoms with Gasteiger partial charge in [-0.05, 0) is 135 Å². The highest BCUT2D eigenvalue weighted by atomic mass is 32.1. The molecule has 8 aromatic heterocycles. The van der Waals surface area contributed by atoms with E-state index in [4.69, 9.17) is 59.6 Å². The number of fused-ring (bicyclic) bond motifs is 4. The van der Waals surface area contributed by atoms with Crippen molar-refractivity contribution >= 4 is 91.8 Å². The van der Waals surface area contributed by atoms with Crippen LogP contribution in [0.2, 0.25) is 0 Å². The molecule has 0 bridgehead atoms. The summed E-state index contributed by atoms with van der Waals surface area (Å²) >= 11 is 0. The van der Waals surface area contributed by atoms with E-state index in [1.807, 2.05) is 121 Å². The maximum Gasteiger partial charge on any atom is 0.416 e. The zero-order valence-electron chi connectivity index (χ0n) is 74.4. The normalized spacial score (nSPS) is 13.0. The zero-order valence-corrected chi connectivity index (χ0v) is 75.4. The molecule has 1 saturated heterocycles. The number of likely N-dealkylation sites (tertiary alicyclic amines) is 1. The Hall–Kier alpha value is -14.2. The molecule has 0 radical (unpaired) electrons. The lowest BCUT2D eigenvalue weighted by Gasteiger charge is -2.30. The van der Waals surface area contributed by atoms with Crippen molar-refractivity contribution in [3.05, 3.63) is 237 Å². The number of rotatable bonds is 30. The van der Waals surface area contributed by atoms with Gasteiger partial charge in [-0.15, -0.1) is 0 Å². The van der Waals surface area contributed by atoms with Crippen LogP contribution in [0.4, 0.5) is 51.7 Å². The van der Waals surface area contributed by atoms with Crippen LogP contribution in [0.3, 0.4) is 0 Å². The van der Waals surface area contributed by atoms with E-state index in [0.29, 0.717) is 70.7 Å². The van der Waals surface area contributed by atoms with Gasteiger partial charge in [0, 0.05) is 208 Å². The fraction of sp³-hybridized carbons (Fsp3) is 0.284. The number of halogens is 4. The maximum atomic E-state index is 14.1. The van der Waals surface area contributed by atoms with Gasteiger partial charge in [0.1, 0.15) is 46.1 Å². The topological polar surface area (TPSA) is 344 Å². The number of anilines is 6. The van der Waals surface area contributed by atoms with Crippen molar-refractivity contribution in [1.29, 1.82) is 0 Å². The van der Waals surface area contributed by atoms with Crippen LogP contribution >= 0.6 is 13.5 Å². The molecule has 9 heterocycles. The molecule has 16 aromatic rings. The van der Waals surface area contributed by atoms with Gasteiger partial charge in [0.15, 0.2) is 6.10 Å². The summed E-state index contributed by atoms with van der Waals surface area (Å²) in [6.45, 7) is 6.34. The SMILES string of the molecule is CCn1cc(-c2ccc3ncc(C(CCN)c4cc(OC)cc(OC)c4)nc3c2)cn1.COc1cc(F)cc(N(CCN)c2ccc3ncc(-c4cnn(C)c4)nc3c2)c1.COc1cc(OC)cc(N(CC(O)C(F)(F)F)c2ccc3ncc(-c4cnn(C)c4)nc3c2)c1.COc1cc(OC)cc(N(CCN2CCC[C@H]2CO)c2ccc3ncc(-c4cnn(C)c4)nc3c2)c1.S. The third-order valence-electron chi connectivity index (χ3n) is 22.1. The fourth-order valence-electron chi connectivity index (χ4n) is 15.2. The fourth-order valence-corrected chi connectivity index (χ4v) is 15.2. The molecular formula is C95H104F4N22O9S. The second-order valence-electron chi connectivity index (χ2n) is 30.6. The number of aliphatic hydroxyl groups excluding tert-OH is 2. The molecular weight excluding hydrogens is 1700 g/mol. The standard InChI is InChI=1S/C27H32N6O3.C24H27N5O2.C23H22F3N5O3.C21H21FN6O.H2S/c1-31-17-19(15-29-31)27-16-28-25-7-6-20(13-26(25)30-27)33(10-9-32-8-4-5-21(32)18-34)22-11-23(35-2)14-24(12-22)36-3;1-4-29-15-18(13-27-29)16-5-6-22-23(11-16)28-24(14-26-22)21(7-8-25)17-9-19(30-2)12-20(10-17)31-3;1-30-12-14(10-28-30)21-11-27-19-5-4-15(8-20(19)29-21)31(13-22(32)23(24,25)26)16-6-17(33-2)9-18(7-16)34-3;1-27-13-14(11-25-27)21-12-24-19-4-3-16(10-20(19)26-21)28(6-5-23)17-7-15(22)8-18(9-17)29-2;/h6-7,11-17,21,34H,4-5,8-10,18H2,1-3H3;5-6,9-15,21H,4,7-8,25H2,1-3H3;4-12,22,32H,13H2,1-3H3;3-4,7-13H,5-6,23H2,1-2H3;1H2/t21-;;;;/m0..../s1. The molecule has 2 unspecified atom stereocenters. The van der Waals surface area contributed by atoms with Crippen LogP contribution in [0.15, 0.2) is 220 Å². The van der Waals surface area contributed by atoms with Gasteiger partial charge in [0.25, 0.3) is 0 Å². The zero-order chi connectivity index (χ0) is 91.7. The van der Waals surface area contributed by atoms with E-state index < -0.39 is 18.8 Å². The van der Waals surface area contributed by atoms with Gasteiger partial charge in [-0.2, -0.15) is 47.1 Å². The summed E-state index contributed by atoms with van der Waals surface area (Å²) in [5.41, 5.74) is 30.5. The highest BCUT2D eigenvalue weighted by Crippen LogP contribution is 2.41. The quantitative estimate of drug-likeness (QED) is 0.0304. The largest absolute Gasteiger partial charge is 0.497 e. The number of hydrogen-bond acceptors (Lipinski definition) is 27. The molecule has 682 valence electrons. The van der Waals surface area contributed by atoms with Crippen LogP contribution in [0.1, 0.15) is 43.4 Å². The summed E-state index contributed by atoms with van der Waals surface area (Å²) in [7, 11) is 16.5. The Morgan fingerprint density at radius 3 is 1.27 bits per heavy atom. The van der Waals surface area contributed by atoms with E-state index in [1.165, 1.54) is 38.4 Å². The number of benzene rings is 8. The van der Waals surface area contributed by atoms with Crippen molar-refractivity contribution in [1.82, 2.24) is 83.9 Å². The Bertz CT molecular complexity index is 6490. The van der Waals surface area contributed by atoms with E-state index in [9.17, 15) is 27.8 Å². The first kappa shape index (κ1) is 94.4. The van der Waals surface area contributed by atoms with Crippen molar-refractivity contribution in [2.75, 3.05) is 117 Å². The lowest BCUT2D eigenvalue weighted by Crippen LogP contribution is -2.39. The van der Waals surface area contributed by atoms with E-state index in [0.717, 1.165) is 169 Å². The highest BCUT2D eigenvalue weighted by Gasteiger charge is 2.40. The second-order valence-corrected chi connectivity index (χ2v) is 30.6. The molecule has 0 spiro atoms. The third-order valence-corrected chi connectivity index (χ3v) is 22.1. The van der Waals surface area contributed by atoms with Gasteiger partial charge in [-0.1, -0.05) is 6.07 Å². The summed E-state index contributed by atoms with van der Waals surface area (Å²) in [6, 6.07) is 44.2. The molecule has 8 aromatic carbocycles. The summed E-state index contributed by atoms with van der Waals surface area (Å²) in [5, 5.41) is 36.6. The van der Waals surface area contributed by atoms with Gasteiger partial charge in [0.05, 0.1) is 173 Å². The predicted octanol–water partition coefficient (Wildman–Crippen LogP) is 15.1. The van der Waals surface area contributed by atoms with E-state index in [2.05, 4.69) is 86.3 Å². The minimum Gasteiger partial charge on any atom is -0.497 e. The number of nitrogens with zero attached hydrogens (tertiary/aromatic N) is 20. The van der Waals surface area contributed by atoms with Crippen LogP contribution in [0, 0.1) is 5.82 Å². The Kier molecular flexibility index (Phi) is 31.2. The van der Waals surface area contributed by atoms with Gasteiger partial charge >= 0.3 is 6.18 Å². The van der Waals surface area contributed by atoms with Crippen LogP contribution in [-0.2, 0) is 27.7 Å². The highest BCUT2D eigenvalue weighted by molar-refractivity contribution is 7.59. The van der Waals surface area contributed by atoms with Gasteiger partial charge < -0.3 is 69.5 Å². The van der Waals surface area contributed by atoms with E-state index in [-0.39, 0.29) is 37.9 Å². The number of methoxy groups -OCH3 is 7. The Balaban J connectivity index is 0.000000149. The van der Waals surface area contributed by atoms with E-state index in [1.54, 1.807) is 135 Å². The average Bonchev–Trinajstić information content (AvgIpc) is 1.60. The minimum absolute atomic E-state index is 0. The van der Waals surface area contributed by atoms with Crippen LogP contribution in [0.5, 0.6) is 40.2 Å². The number of aryl methyl sites for hydroxylation is 4. The average molecular weight is 1810 g/mol. The van der Waals surface area contributed by atoms with Crippen LogP contribution in [0.25, 0.3) is 89.0 Å². The molecule has 0 amide bonds. The Labute approximate surface area is 761 Å². The Morgan fingerprint density at radius 1 is 0.443 bits per heavy atom. The molecule has 6 N–H and O–H groups in total. The number of aliphatic hydroxyl groups is 2. The summed E-state index contributed by atoms with van der Waals surface area (Å²) in [6.07, 6.45) is 17.2. The van der Waals surface area contributed by atoms with Crippen molar-refractivity contribution in [2.24, 2.45) is 32.6 Å². The Morgan fingerprint density at radius 2 is 0.855 bits per heavy atom. The molecule has 0 saturated carbocycles. The predicted molar refractivity (Wildman–Crippen MR) is 503 cm³/mol. The first-order chi connectivity index (χ1) is 63.0. The minimum atomic E-state index is -4.80. The van der Waals surface area contributed by atoms with Crippen molar-refractivity contribution in [2.45, 2.75) is 57.0 Å². The lowest BCUT2D eigenvalue weighted by molar-refractivity contribution is -0.199. The maximum absolute atomic E-state index is 14.1. The molecule has 17 rings (SSSR count). The molecule has 0 aliphatic carbocycles.